The molecule has 0 unspecified atom stereocenters. The van der Waals surface area contributed by atoms with Crippen LogP contribution in [0.2, 0.25) is 0 Å². The molecule has 1 heterocycles. The van der Waals surface area contributed by atoms with Gasteiger partial charge in [0.2, 0.25) is 0 Å². The van der Waals surface area contributed by atoms with Gasteiger partial charge in [0.05, 0.1) is 5.69 Å². The fraction of sp³-hybridized carbons (Fsp3) is 0.583. The summed E-state index contributed by atoms with van der Waals surface area (Å²) in [6.45, 7) is 2.13. The SMILES string of the molecule is CCc1cc(C2CCC2)c(C=O)n1C. The number of aldehydes is 1. The van der Waals surface area contributed by atoms with E-state index in [1.165, 1.54) is 30.5 Å². The van der Waals surface area contributed by atoms with Crippen LogP contribution in [0.25, 0.3) is 0 Å². The smallest absolute Gasteiger partial charge is 0.166 e. The van der Waals surface area contributed by atoms with E-state index < -0.39 is 0 Å². The molecule has 0 radical (unpaired) electrons. The van der Waals surface area contributed by atoms with Crippen molar-refractivity contribution in [3.8, 4) is 0 Å². The maximum atomic E-state index is 11.0. The standard InChI is InChI=1S/C12H17NO/c1-3-10-7-11(9-5-4-6-9)12(8-14)13(10)2/h7-9H,3-6H2,1-2H3. The first kappa shape index (κ1) is 9.50. The van der Waals surface area contributed by atoms with Gasteiger partial charge in [-0.1, -0.05) is 13.3 Å². The Morgan fingerprint density at radius 1 is 1.57 bits per heavy atom. The van der Waals surface area contributed by atoms with Gasteiger partial charge in [-0.3, -0.25) is 4.79 Å². The van der Waals surface area contributed by atoms with Gasteiger partial charge in [0, 0.05) is 12.7 Å². The molecule has 1 fully saturated rings. The van der Waals surface area contributed by atoms with Crippen molar-refractivity contribution >= 4 is 6.29 Å². The minimum absolute atomic E-state index is 0.654. The first-order valence-corrected chi connectivity index (χ1v) is 5.41. The Morgan fingerprint density at radius 2 is 2.29 bits per heavy atom. The van der Waals surface area contributed by atoms with Crippen LogP contribution in [0.5, 0.6) is 0 Å². The molecule has 0 spiro atoms. The van der Waals surface area contributed by atoms with Gasteiger partial charge in [-0.05, 0) is 36.8 Å². The molecule has 1 aromatic heterocycles. The average molecular weight is 191 g/mol. The van der Waals surface area contributed by atoms with Crippen molar-refractivity contribution < 1.29 is 4.79 Å². The van der Waals surface area contributed by atoms with Crippen LogP contribution in [-0.4, -0.2) is 10.9 Å². The third-order valence-corrected chi connectivity index (χ3v) is 3.43. The van der Waals surface area contributed by atoms with E-state index in [4.69, 9.17) is 0 Å². The minimum Gasteiger partial charge on any atom is -0.345 e. The zero-order chi connectivity index (χ0) is 10.1. The summed E-state index contributed by atoms with van der Waals surface area (Å²) >= 11 is 0. The van der Waals surface area contributed by atoms with Crippen molar-refractivity contribution in [2.75, 3.05) is 0 Å². The van der Waals surface area contributed by atoms with Crippen molar-refractivity contribution in [2.24, 2.45) is 7.05 Å². The number of hydrogen-bond acceptors (Lipinski definition) is 1. The zero-order valence-electron chi connectivity index (χ0n) is 8.92. The lowest BCUT2D eigenvalue weighted by Gasteiger charge is -2.25. The summed E-state index contributed by atoms with van der Waals surface area (Å²) in [5, 5.41) is 0. The lowest BCUT2D eigenvalue weighted by molar-refractivity contribution is 0.111. The summed E-state index contributed by atoms with van der Waals surface area (Å²) in [5.74, 6) is 0.654. The molecule has 2 rings (SSSR count). The molecule has 1 aliphatic rings. The van der Waals surface area contributed by atoms with Crippen molar-refractivity contribution in [2.45, 2.75) is 38.5 Å². The Bertz CT molecular complexity index is 347. The second-order valence-electron chi connectivity index (χ2n) is 4.13. The fourth-order valence-corrected chi connectivity index (χ4v) is 2.23. The van der Waals surface area contributed by atoms with Gasteiger partial charge >= 0.3 is 0 Å². The highest BCUT2D eigenvalue weighted by Gasteiger charge is 2.24. The van der Waals surface area contributed by atoms with Crippen molar-refractivity contribution in [3.63, 3.8) is 0 Å². The largest absolute Gasteiger partial charge is 0.345 e. The molecular weight excluding hydrogens is 174 g/mol. The normalized spacial score (nSPS) is 16.7. The van der Waals surface area contributed by atoms with Crippen LogP contribution < -0.4 is 0 Å². The average Bonchev–Trinajstić information content (AvgIpc) is 2.40. The Balaban J connectivity index is 2.41. The number of nitrogens with zero attached hydrogens (tertiary/aromatic N) is 1. The maximum Gasteiger partial charge on any atom is 0.166 e. The van der Waals surface area contributed by atoms with E-state index in [0.717, 1.165) is 18.4 Å². The van der Waals surface area contributed by atoms with Crippen LogP contribution in [-0.2, 0) is 13.5 Å². The van der Waals surface area contributed by atoms with Gasteiger partial charge in [0.25, 0.3) is 0 Å². The van der Waals surface area contributed by atoms with Gasteiger partial charge in [-0.15, -0.1) is 0 Å². The summed E-state index contributed by atoms with van der Waals surface area (Å²) in [6.07, 6.45) is 5.85. The van der Waals surface area contributed by atoms with Gasteiger partial charge in [-0.25, -0.2) is 0 Å². The van der Waals surface area contributed by atoms with Gasteiger partial charge < -0.3 is 4.57 Å². The van der Waals surface area contributed by atoms with Crippen molar-refractivity contribution in [3.05, 3.63) is 23.0 Å². The highest BCUT2D eigenvalue weighted by atomic mass is 16.1. The molecular formula is C12H17NO. The lowest BCUT2D eigenvalue weighted by atomic mass is 9.80. The first-order valence-electron chi connectivity index (χ1n) is 5.41. The monoisotopic (exact) mass is 191 g/mol. The van der Waals surface area contributed by atoms with Crippen LogP contribution in [0, 0.1) is 0 Å². The van der Waals surface area contributed by atoms with E-state index >= 15 is 0 Å². The Labute approximate surface area is 84.9 Å². The summed E-state index contributed by atoms with van der Waals surface area (Å²) in [6, 6.07) is 2.22. The van der Waals surface area contributed by atoms with Gasteiger partial charge in [-0.2, -0.15) is 0 Å². The molecule has 0 amide bonds. The number of aromatic nitrogens is 1. The second kappa shape index (κ2) is 3.60. The van der Waals surface area contributed by atoms with E-state index in [2.05, 4.69) is 13.0 Å². The predicted octanol–water partition coefficient (Wildman–Crippen LogP) is 2.67. The Kier molecular flexibility index (Phi) is 2.44. The summed E-state index contributed by atoms with van der Waals surface area (Å²) in [4.78, 5) is 11.0. The molecule has 0 aliphatic heterocycles. The lowest BCUT2D eigenvalue weighted by Crippen LogP contribution is -2.10. The topological polar surface area (TPSA) is 22.0 Å². The van der Waals surface area contributed by atoms with Crippen LogP contribution >= 0.6 is 0 Å². The summed E-state index contributed by atoms with van der Waals surface area (Å²) in [7, 11) is 1.99. The van der Waals surface area contributed by atoms with Crippen LogP contribution in [0.3, 0.4) is 0 Å². The van der Waals surface area contributed by atoms with E-state index in [9.17, 15) is 4.79 Å². The van der Waals surface area contributed by atoms with E-state index in [0.29, 0.717) is 5.92 Å². The molecule has 2 heteroatoms. The summed E-state index contributed by atoms with van der Waals surface area (Å²) in [5.41, 5.74) is 3.45. The molecule has 0 atom stereocenters. The molecule has 0 aromatic carbocycles. The minimum atomic E-state index is 0.654. The van der Waals surface area contributed by atoms with Crippen molar-refractivity contribution in [1.82, 2.24) is 4.57 Å². The molecule has 0 N–H and O–H groups in total. The fourth-order valence-electron chi connectivity index (χ4n) is 2.23. The Hall–Kier alpha value is -1.05. The van der Waals surface area contributed by atoms with Crippen LogP contribution in [0.1, 0.15) is 53.8 Å². The summed E-state index contributed by atoms with van der Waals surface area (Å²) < 4.78 is 2.04. The van der Waals surface area contributed by atoms with E-state index in [-0.39, 0.29) is 0 Å². The zero-order valence-corrected chi connectivity index (χ0v) is 8.92. The molecule has 1 saturated carbocycles. The van der Waals surface area contributed by atoms with E-state index in [1.807, 2.05) is 11.6 Å². The van der Waals surface area contributed by atoms with Gasteiger partial charge in [0.15, 0.2) is 6.29 Å². The molecule has 1 aliphatic carbocycles. The predicted molar refractivity (Wildman–Crippen MR) is 56.8 cm³/mol. The van der Waals surface area contributed by atoms with Crippen LogP contribution in [0.15, 0.2) is 6.07 Å². The number of aryl methyl sites for hydroxylation is 1. The van der Waals surface area contributed by atoms with Crippen LogP contribution in [0.4, 0.5) is 0 Å². The second-order valence-corrected chi connectivity index (χ2v) is 4.13. The molecule has 14 heavy (non-hydrogen) atoms. The van der Waals surface area contributed by atoms with Gasteiger partial charge in [0.1, 0.15) is 0 Å². The third-order valence-electron chi connectivity index (χ3n) is 3.43. The highest BCUT2D eigenvalue weighted by molar-refractivity contribution is 5.76. The number of rotatable bonds is 3. The molecule has 2 nitrogen and oxygen atoms in total. The quantitative estimate of drug-likeness (QED) is 0.673. The highest BCUT2D eigenvalue weighted by Crippen LogP contribution is 2.38. The molecule has 1 aromatic rings. The molecule has 0 saturated heterocycles. The van der Waals surface area contributed by atoms with Crippen molar-refractivity contribution in [1.29, 1.82) is 0 Å². The number of hydrogen-bond donors (Lipinski definition) is 0. The number of carbonyl (C=O) groups excluding carboxylic acids is 1. The third kappa shape index (κ3) is 1.29. The first-order chi connectivity index (χ1) is 6.77. The number of carbonyl (C=O) groups is 1. The Morgan fingerprint density at radius 3 is 2.71 bits per heavy atom. The molecule has 0 bridgehead atoms. The maximum absolute atomic E-state index is 11.0. The van der Waals surface area contributed by atoms with E-state index in [1.54, 1.807) is 0 Å². The molecule has 76 valence electrons.